The van der Waals surface area contributed by atoms with Crippen LogP contribution in [0.4, 0.5) is 0 Å². The molecule has 31 heavy (non-hydrogen) atoms. The van der Waals surface area contributed by atoms with E-state index in [1.54, 1.807) is 18.4 Å². The smallest absolute Gasteiger partial charge is 0.194 e. The molecule has 1 aliphatic rings. The predicted octanol–water partition coefficient (Wildman–Crippen LogP) is 4.08. The molecule has 0 amide bonds. The lowest BCUT2D eigenvalue weighted by Gasteiger charge is -2.41. The zero-order valence-corrected chi connectivity index (χ0v) is 20.6. The Morgan fingerprint density at radius 2 is 2.10 bits per heavy atom. The number of nitrogens with zero attached hydrogens (tertiary/aromatic N) is 4. The van der Waals surface area contributed by atoms with Crippen LogP contribution in [0.2, 0.25) is 0 Å². The third-order valence-corrected chi connectivity index (χ3v) is 7.02. The molecular formula is C24H37N5OS. The fourth-order valence-electron chi connectivity index (χ4n) is 3.85. The van der Waals surface area contributed by atoms with Crippen molar-refractivity contribution in [1.29, 1.82) is 0 Å². The van der Waals surface area contributed by atoms with Gasteiger partial charge >= 0.3 is 0 Å². The average Bonchev–Trinajstić information content (AvgIpc) is 3.24. The lowest BCUT2D eigenvalue weighted by molar-refractivity contribution is 0.111. The van der Waals surface area contributed by atoms with Gasteiger partial charge in [0.25, 0.3) is 0 Å². The Morgan fingerprint density at radius 3 is 2.81 bits per heavy atom. The molecule has 1 aliphatic heterocycles. The van der Waals surface area contributed by atoms with Crippen LogP contribution in [0.25, 0.3) is 0 Å². The molecule has 0 saturated carbocycles. The van der Waals surface area contributed by atoms with Gasteiger partial charge in [-0.15, -0.1) is 11.3 Å². The summed E-state index contributed by atoms with van der Waals surface area (Å²) in [5, 5.41) is 6.57. The first-order valence-electron chi connectivity index (χ1n) is 11.1. The number of benzene rings is 1. The van der Waals surface area contributed by atoms with Crippen molar-refractivity contribution in [3.63, 3.8) is 0 Å². The van der Waals surface area contributed by atoms with Crippen LogP contribution in [0.1, 0.15) is 55.6 Å². The number of aliphatic imine (C=N–C) groups is 1. The minimum Gasteiger partial charge on any atom is -0.375 e. The molecule has 170 valence electrons. The first-order chi connectivity index (χ1) is 14.8. The van der Waals surface area contributed by atoms with E-state index >= 15 is 0 Å². The molecule has 1 aromatic heterocycles. The molecule has 7 heteroatoms. The first kappa shape index (κ1) is 23.7. The molecule has 0 fully saturated rings. The Hall–Kier alpha value is -1.96. The van der Waals surface area contributed by atoms with Crippen molar-refractivity contribution in [3.05, 3.63) is 51.5 Å². The normalized spacial score (nSPS) is 16.1. The van der Waals surface area contributed by atoms with Crippen LogP contribution in [0.5, 0.6) is 0 Å². The minimum atomic E-state index is -0.0171. The molecule has 0 bridgehead atoms. The van der Waals surface area contributed by atoms with Crippen molar-refractivity contribution in [2.75, 3.05) is 33.8 Å². The molecule has 0 spiro atoms. The number of nitrogens with one attached hydrogen (secondary N) is 1. The Balaban J connectivity index is 1.66. The summed E-state index contributed by atoms with van der Waals surface area (Å²) in [6.45, 7) is 13.1. The quantitative estimate of drug-likeness (QED) is 0.492. The maximum atomic E-state index is 5.39. The van der Waals surface area contributed by atoms with E-state index < -0.39 is 0 Å². The zero-order chi connectivity index (χ0) is 22.4. The maximum absolute atomic E-state index is 5.39. The van der Waals surface area contributed by atoms with Gasteiger partial charge in [0.2, 0.25) is 0 Å². The molecule has 2 aromatic rings. The van der Waals surface area contributed by atoms with E-state index in [1.165, 1.54) is 11.1 Å². The highest BCUT2D eigenvalue weighted by molar-refractivity contribution is 7.09. The van der Waals surface area contributed by atoms with Gasteiger partial charge in [-0.1, -0.05) is 24.3 Å². The highest BCUT2D eigenvalue weighted by atomic mass is 32.1. The second kappa shape index (κ2) is 10.6. The van der Waals surface area contributed by atoms with Gasteiger partial charge in [-0.25, -0.2) is 4.98 Å². The highest BCUT2D eigenvalue weighted by Crippen LogP contribution is 2.26. The van der Waals surface area contributed by atoms with Gasteiger partial charge in [0.1, 0.15) is 11.1 Å². The Morgan fingerprint density at radius 1 is 1.35 bits per heavy atom. The Labute approximate surface area is 191 Å². The zero-order valence-electron chi connectivity index (χ0n) is 19.8. The van der Waals surface area contributed by atoms with Crippen LogP contribution >= 0.6 is 11.3 Å². The fourth-order valence-corrected chi connectivity index (χ4v) is 4.69. The van der Waals surface area contributed by atoms with Crippen molar-refractivity contribution >= 4 is 17.3 Å². The maximum Gasteiger partial charge on any atom is 0.194 e. The number of hydrogen-bond donors (Lipinski definition) is 1. The number of aromatic nitrogens is 1. The largest absolute Gasteiger partial charge is 0.375 e. The number of methoxy groups -OCH3 is 1. The molecule has 0 radical (unpaired) electrons. The van der Waals surface area contributed by atoms with Crippen molar-refractivity contribution in [3.8, 4) is 0 Å². The van der Waals surface area contributed by atoms with Gasteiger partial charge in [0, 0.05) is 44.7 Å². The van der Waals surface area contributed by atoms with Gasteiger partial charge in [0.15, 0.2) is 5.96 Å². The van der Waals surface area contributed by atoms with Crippen LogP contribution in [0.15, 0.2) is 34.6 Å². The number of hydrogen-bond acceptors (Lipinski definition) is 5. The fraction of sp³-hybridized carbons (Fsp3) is 0.583. The molecule has 2 heterocycles. The summed E-state index contributed by atoms with van der Waals surface area (Å²) < 4.78 is 5.39. The van der Waals surface area contributed by atoms with Gasteiger partial charge in [-0.3, -0.25) is 9.89 Å². The van der Waals surface area contributed by atoms with Crippen LogP contribution in [-0.4, -0.2) is 60.1 Å². The molecule has 6 nitrogen and oxygen atoms in total. The summed E-state index contributed by atoms with van der Waals surface area (Å²) in [6, 6.07) is 8.80. The number of thiazole rings is 1. The van der Waals surface area contributed by atoms with E-state index in [4.69, 9.17) is 14.7 Å². The van der Waals surface area contributed by atoms with Crippen LogP contribution in [-0.2, 0) is 24.2 Å². The number of guanidine groups is 1. The highest BCUT2D eigenvalue weighted by Gasteiger charge is 2.29. The van der Waals surface area contributed by atoms with Crippen LogP contribution < -0.4 is 5.32 Å². The summed E-state index contributed by atoms with van der Waals surface area (Å²) in [6.07, 6.45) is 1.14. The van der Waals surface area contributed by atoms with E-state index in [0.29, 0.717) is 0 Å². The third-order valence-electron chi connectivity index (χ3n) is 5.97. The standard InChI is InChI=1S/C24H37N5OS/c1-7-25-23(28(5)15-21-16-31-22(27-21)18(2)30-6)26-17-24(3,4)29-13-12-19-10-8-9-11-20(19)14-29/h8-11,16,18H,7,12-15,17H2,1-6H3,(H,25,26). The molecule has 1 atom stereocenters. The minimum absolute atomic E-state index is 0.0171. The van der Waals surface area contributed by atoms with E-state index in [2.05, 4.69) is 72.6 Å². The van der Waals surface area contributed by atoms with Gasteiger partial charge in [-0.2, -0.15) is 0 Å². The first-order valence-corrected chi connectivity index (χ1v) is 12.0. The van der Waals surface area contributed by atoms with Crippen molar-refractivity contribution in [2.45, 2.75) is 58.8 Å². The SMILES string of the molecule is CCNC(=NCC(C)(C)N1CCc2ccccc2C1)N(C)Cc1csc(C(C)OC)n1. The molecule has 1 N–H and O–H groups in total. The van der Waals surface area contributed by atoms with Crippen molar-refractivity contribution < 1.29 is 4.74 Å². The van der Waals surface area contributed by atoms with Crippen LogP contribution in [0, 0.1) is 0 Å². The summed E-state index contributed by atoms with van der Waals surface area (Å²) >= 11 is 1.65. The summed E-state index contributed by atoms with van der Waals surface area (Å²) in [7, 11) is 3.79. The Bertz CT molecular complexity index is 878. The lowest BCUT2D eigenvalue weighted by Crippen LogP contribution is -2.49. The van der Waals surface area contributed by atoms with Crippen molar-refractivity contribution in [1.82, 2.24) is 20.1 Å². The van der Waals surface area contributed by atoms with E-state index in [9.17, 15) is 0 Å². The molecular weight excluding hydrogens is 406 g/mol. The summed E-state index contributed by atoms with van der Waals surface area (Å²) in [5.74, 6) is 0.919. The number of ether oxygens (including phenoxy) is 1. The number of fused-ring (bicyclic) bond motifs is 1. The van der Waals surface area contributed by atoms with Gasteiger partial charge < -0.3 is 15.0 Å². The topological polar surface area (TPSA) is 53.0 Å². The lowest BCUT2D eigenvalue weighted by atomic mass is 9.94. The second-order valence-corrected chi connectivity index (χ2v) is 9.72. The van der Waals surface area contributed by atoms with E-state index in [1.807, 2.05) is 6.92 Å². The van der Waals surface area contributed by atoms with Crippen LogP contribution in [0.3, 0.4) is 0 Å². The van der Waals surface area contributed by atoms with E-state index in [0.717, 1.165) is 55.8 Å². The monoisotopic (exact) mass is 443 g/mol. The predicted molar refractivity (Wildman–Crippen MR) is 130 cm³/mol. The molecule has 0 aliphatic carbocycles. The third kappa shape index (κ3) is 6.05. The summed E-state index contributed by atoms with van der Waals surface area (Å²) in [4.78, 5) is 14.5. The molecule has 1 aromatic carbocycles. The Kier molecular flexibility index (Phi) is 8.08. The molecule has 3 rings (SSSR count). The number of rotatable bonds is 8. The van der Waals surface area contributed by atoms with Gasteiger partial charge in [0.05, 0.1) is 18.8 Å². The average molecular weight is 444 g/mol. The molecule has 1 unspecified atom stereocenters. The summed E-state index contributed by atoms with van der Waals surface area (Å²) in [5.41, 5.74) is 3.96. The van der Waals surface area contributed by atoms with Crippen molar-refractivity contribution in [2.24, 2.45) is 4.99 Å². The van der Waals surface area contributed by atoms with Gasteiger partial charge in [-0.05, 0) is 45.2 Å². The molecule has 0 saturated heterocycles. The second-order valence-electron chi connectivity index (χ2n) is 8.83. The van der Waals surface area contributed by atoms with E-state index in [-0.39, 0.29) is 11.6 Å².